The molecule has 2 aromatic carbocycles. The Bertz CT molecular complexity index is 952. The summed E-state index contributed by atoms with van der Waals surface area (Å²) in [5.74, 6) is 3.27. The van der Waals surface area contributed by atoms with Gasteiger partial charge in [0.2, 0.25) is 11.8 Å². The van der Waals surface area contributed by atoms with Crippen molar-refractivity contribution in [3.63, 3.8) is 0 Å². The summed E-state index contributed by atoms with van der Waals surface area (Å²) in [6, 6.07) is 10.6. The molecule has 1 aliphatic heterocycles. The Morgan fingerprint density at radius 1 is 1.21 bits per heavy atom. The molecule has 6 nitrogen and oxygen atoms in total. The van der Waals surface area contributed by atoms with Gasteiger partial charge in [0.1, 0.15) is 19.8 Å². The molecule has 1 heterocycles. The van der Waals surface area contributed by atoms with Crippen molar-refractivity contribution in [2.45, 2.75) is 6.42 Å². The van der Waals surface area contributed by atoms with E-state index < -0.39 is 0 Å². The molecule has 0 spiro atoms. The van der Waals surface area contributed by atoms with Crippen molar-refractivity contribution in [3.8, 4) is 23.8 Å². The van der Waals surface area contributed by atoms with Crippen LogP contribution in [0.15, 0.2) is 40.9 Å². The normalized spacial score (nSPS) is 12.0. The minimum absolute atomic E-state index is 0.0779. The average molecular weight is 443 g/mol. The molecule has 0 bridgehead atoms. The highest BCUT2D eigenvalue weighted by Gasteiger charge is 2.22. The van der Waals surface area contributed by atoms with Crippen LogP contribution in [0.25, 0.3) is 0 Å². The molecule has 2 amide bonds. The van der Waals surface area contributed by atoms with Crippen molar-refractivity contribution in [3.05, 3.63) is 52.0 Å². The Morgan fingerprint density at radius 3 is 2.61 bits per heavy atom. The third kappa shape index (κ3) is 4.46. The van der Waals surface area contributed by atoms with Crippen molar-refractivity contribution in [1.82, 2.24) is 5.32 Å². The second-order valence-corrected chi connectivity index (χ2v) is 6.97. The highest BCUT2D eigenvalue weighted by Crippen LogP contribution is 2.36. The molecule has 0 fully saturated rings. The van der Waals surface area contributed by atoms with Crippen molar-refractivity contribution >= 4 is 33.4 Å². The molecule has 0 radical (unpaired) electrons. The fourth-order valence-electron chi connectivity index (χ4n) is 2.81. The number of likely N-dealkylation sites (N-methyl/N-ethyl adjacent to an activating group) is 1. The second-order valence-electron chi connectivity index (χ2n) is 6.11. The van der Waals surface area contributed by atoms with Crippen molar-refractivity contribution < 1.29 is 19.1 Å². The number of ether oxygens (including phenoxy) is 2. The quantitative estimate of drug-likeness (QED) is 0.722. The number of nitrogens with one attached hydrogen (secondary N) is 1. The zero-order chi connectivity index (χ0) is 20.1. The Balaban J connectivity index is 1.89. The van der Waals surface area contributed by atoms with Crippen LogP contribution in [0.4, 0.5) is 5.69 Å². The third-order valence-corrected chi connectivity index (χ3v) is 5.00. The Kier molecular flexibility index (Phi) is 6.22. The number of amides is 2. The van der Waals surface area contributed by atoms with Crippen LogP contribution in [-0.2, 0) is 16.0 Å². The zero-order valence-electron chi connectivity index (χ0n) is 15.3. The molecule has 1 aliphatic rings. The van der Waals surface area contributed by atoms with E-state index in [1.54, 1.807) is 36.4 Å². The van der Waals surface area contributed by atoms with Gasteiger partial charge in [-0.2, -0.15) is 0 Å². The van der Waals surface area contributed by atoms with E-state index in [1.807, 2.05) is 0 Å². The summed E-state index contributed by atoms with van der Waals surface area (Å²) in [7, 11) is 1.53. The zero-order valence-corrected chi connectivity index (χ0v) is 16.9. The Morgan fingerprint density at radius 2 is 1.93 bits per heavy atom. The molecule has 0 atom stereocenters. The number of carbonyl (C=O) groups is 2. The van der Waals surface area contributed by atoms with Gasteiger partial charge in [0.05, 0.1) is 6.42 Å². The van der Waals surface area contributed by atoms with E-state index >= 15 is 0 Å². The van der Waals surface area contributed by atoms with Crippen LogP contribution in [0.3, 0.4) is 0 Å². The SMILES string of the molecule is C#Cc1cccc(N(CC(=O)NC)C(=O)Cc2cc3c(cc2Br)OCCO3)c1. The third-order valence-electron chi connectivity index (χ3n) is 4.26. The molecule has 28 heavy (non-hydrogen) atoms. The maximum Gasteiger partial charge on any atom is 0.239 e. The lowest BCUT2D eigenvalue weighted by molar-refractivity contribution is -0.123. The summed E-state index contributed by atoms with van der Waals surface area (Å²) in [6.45, 7) is 0.846. The maximum absolute atomic E-state index is 13.1. The first-order valence-electron chi connectivity index (χ1n) is 8.67. The lowest BCUT2D eigenvalue weighted by Crippen LogP contribution is -2.40. The minimum Gasteiger partial charge on any atom is -0.486 e. The number of carbonyl (C=O) groups excluding carboxylic acids is 2. The van der Waals surface area contributed by atoms with Crippen molar-refractivity contribution in [1.29, 1.82) is 0 Å². The van der Waals surface area contributed by atoms with E-state index in [9.17, 15) is 9.59 Å². The highest BCUT2D eigenvalue weighted by atomic mass is 79.9. The van der Waals surface area contributed by atoms with Crippen molar-refractivity contribution in [2.24, 2.45) is 0 Å². The van der Waals surface area contributed by atoms with Crippen LogP contribution in [0.1, 0.15) is 11.1 Å². The predicted molar refractivity (Wildman–Crippen MR) is 110 cm³/mol. The molecule has 7 heteroatoms. The summed E-state index contributed by atoms with van der Waals surface area (Å²) in [5.41, 5.74) is 1.94. The molecule has 3 rings (SSSR count). The number of rotatable bonds is 5. The van der Waals surface area contributed by atoms with E-state index in [4.69, 9.17) is 15.9 Å². The smallest absolute Gasteiger partial charge is 0.239 e. The van der Waals surface area contributed by atoms with Crippen LogP contribution in [0, 0.1) is 12.3 Å². The molecule has 0 aromatic heterocycles. The number of fused-ring (bicyclic) bond motifs is 1. The van der Waals surface area contributed by atoms with Crippen LogP contribution < -0.4 is 19.7 Å². The molecular weight excluding hydrogens is 424 g/mol. The van der Waals surface area contributed by atoms with Gasteiger partial charge in [-0.1, -0.05) is 27.9 Å². The van der Waals surface area contributed by atoms with E-state index in [2.05, 4.69) is 27.2 Å². The molecule has 0 saturated heterocycles. The van der Waals surface area contributed by atoms with E-state index in [1.165, 1.54) is 11.9 Å². The van der Waals surface area contributed by atoms with Gasteiger partial charge < -0.3 is 19.7 Å². The molecule has 0 aliphatic carbocycles. The van der Waals surface area contributed by atoms with Gasteiger partial charge in [0.25, 0.3) is 0 Å². The van der Waals surface area contributed by atoms with E-state index in [0.29, 0.717) is 36.0 Å². The molecular formula is C21H19BrN2O4. The van der Waals surface area contributed by atoms with Gasteiger partial charge in [0.15, 0.2) is 11.5 Å². The number of anilines is 1. The standard InChI is InChI=1S/C21H19BrN2O4/c1-3-14-5-4-6-16(9-14)24(13-20(25)23-2)21(26)11-15-10-18-19(12-17(15)22)28-8-7-27-18/h1,4-6,9-10,12H,7-8,11,13H2,2H3,(H,23,25). The number of nitrogens with zero attached hydrogens (tertiary/aromatic N) is 1. The number of benzene rings is 2. The predicted octanol–water partition coefficient (Wildman–Crippen LogP) is 2.52. The lowest BCUT2D eigenvalue weighted by Gasteiger charge is -2.24. The van der Waals surface area contributed by atoms with Crippen LogP contribution in [0.2, 0.25) is 0 Å². The average Bonchev–Trinajstić information content (AvgIpc) is 2.72. The van der Waals surface area contributed by atoms with E-state index in [-0.39, 0.29) is 24.8 Å². The Labute approximate surface area is 171 Å². The summed E-state index contributed by atoms with van der Waals surface area (Å²) in [4.78, 5) is 26.5. The monoisotopic (exact) mass is 442 g/mol. The first kappa shape index (κ1) is 19.8. The van der Waals surface area contributed by atoms with Crippen LogP contribution in [-0.4, -0.2) is 38.6 Å². The topological polar surface area (TPSA) is 67.9 Å². The number of hydrogen-bond donors (Lipinski definition) is 1. The van der Waals surface area contributed by atoms with Gasteiger partial charge in [-0.3, -0.25) is 9.59 Å². The van der Waals surface area contributed by atoms with Crippen LogP contribution >= 0.6 is 15.9 Å². The van der Waals surface area contributed by atoms with E-state index in [0.717, 1.165) is 10.0 Å². The molecule has 0 unspecified atom stereocenters. The highest BCUT2D eigenvalue weighted by molar-refractivity contribution is 9.10. The van der Waals surface area contributed by atoms with Gasteiger partial charge in [-0.15, -0.1) is 6.42 Å². The number of hydrogen-bond acceptors (Lipinski definition) is 4. The first-order valence-corrected chi connectivity index (χ1v) is 9.46. The van der Waals surface area contributed by atoms with Gasteiger partial charge in [-0.25, -0.2) is 0 Å². The lowest BCUT2D eigenvalue weighted by atomic mass is 10.1. The molecule has 0 saturated carbocycles. The summed E-state index contributed by atoms with van der Waals surface area (Å²) >= 11 is 3.48. The van der Waals surface area contributed by atoms with Crippen molar-refractivity contribution in [2.75, 3.05) is 31.7 Å². The molecule has 1 N–H and O–H groups in total. The maximum atomic E-state index is 13.1. The largest absolute Gasteiger partial charge is 0.486 e. The summed E-state index contributed by atoms with van der Waals surface area (Å²) in [6.07, 6.45) is 5.54. The van der Waals surface area contributed by atoms with Gasteiger partial charge in [-0.05, 0) is 35.9 Å². The van der Waals surface area contributed by atoms with Gasteiger partial charge in [0, 0.05) is 22.8 Å². The molecule has 2 aromatic rings. The second kappa shape index (κ2) is 8.81. The summed E-state index contributed by atoms with van der Waals surface area (Å²) < 4.78 is 11.9. The molecule has 144 valence electrons. The Hall–Kier alpha value is -2.98. The fraction of sp³-hybridized carbons (Fsp3) is 0.238. The van der Waals surface area contributed by atoms with Gasteiger partial charge >= 0.3 is 0 Å². The summed E-state index contributed by atoms with van der Waals surface area (Å²) in [5, 5.41) is 2.55. The number of halogens is 1. The van der Waals surface area contributed by atoms with Crippen LogP contribution in [0.5, 0.6) is 11.5 Å². The first-order chi connectivity index (χ1) is 13.5. The minimum atomic E-state index is -0.277. The fourth-order valence-corrected chi connectivity index (χ4v) is 3.27. The number of terminal acetylenes is 1.